The second kappa shape index (κ2) is 15.5. The van der Waals surface area contributed by atoms with Crippen molar-refractivity contribution in [3.63, 3.8) is 0 Å². The van der Waals surface area contributed by atoms with E-state index in [1.807, 2.05) is 0 Å². The molecule has 3 aliphatic heterocycles. The standard InChI is InChI=1S/C33H40O20/c1-10-20(38)29(52-31-25(43)21(39)15(37)8-47-31)27(45)32(49-10)48-9-18-22(40)24(42)26(44)33(51-18)53-30-23(41)19-14(36)6-12(34)7-17(19)50-28(30)11-3-4-13(35)16(5-11)46-2/h3-7,10,15,18,20-22,24-27,29,31-40,42-45H,8-9H2,1-2H3/t10?,15-,18?,20+,21+,22-,24+,25?,26?,27+,29?,31+,32-,33+/m1/s1. The van der Waals surface area contributed by atoms with Crippen molar-refractivity contribution >= 4 is 11.0 Å². The molecule has 0 aliphatic carbocycles. The molecule has 0 spiro atoms. The third-order valence-electron chi connectivity index (χ3n) is 9.21. The maximum atomic E-state index is 13.8. The monoisotopic (exact) mass is 756 g/mol. The number of aromatic hydroxyl groups is 3. The highest BCUT2D eigenvalue weighted by Gasteiger charge is 2.50. The summed E-state index contributed by atoms with van der Waals surface area (Å²) in [5.74, 6) is -2.46. The molecule has 4 heterocycles. The van der Waals surface area contributed by atoms with E-state index in [-0.39, 0.29) is 28.4 Å². The van der Waals surface area contributed by atoms with Crippen molar-refractivity contribution in [3.8, 4) is 40.1 Å². The lowest BCUT2D eigenvalue weighted by molar-refractivity contribution is -0.351. The summed E-state index contributed by atoms with van der Waals surface area (Å²) in [7, 11) is 1.27. The molecule has 0 bridgehead atoms. The van der Waals surface area contributed by atoms with Gasteiger partial charge in [-0.25, -0.2) is 0 Å². The number of fused-ring (bicyclic) bond motifs is 1. The van der Waals surface area contributed by atoms with E-state index in [1.165, 1.54) is 32.2 Å². The molecular weight excluding hydrogens is 716 g/mol. The SMILES string of the molecule is COc1cc(-c2oc3cc(O)cc(O)c3c(=O)c2O[C@@H]2OC(CO[C@@H]3OC(C)[C@H](O)C(O[C@@H]4OC[C@@H](O)[C@H](O)C4O)[C@@H]3O)[C@@H](O)[C@H](O)C2O)ccc1O. The smallest absolute Gasteiger partial charge is 0.239 e. The molecule has 3 aromatic rings. The van der Waals surface area contributed by atoms with E-state index in [4.69, 9.17) is 37.6 Å². The fraction of sp³-hybridized carbons (Fsp3) is 0.545. The summed E-state index contributed by atoms with van der Waals surface area (Å²) in [4.78, 5) is 13.8. The summed E-state index contributed by atoms with van der Waals surface area (Å²) >= 11 is 0. The topological polar surface area (TPSA) is 317 Å². The minimum absolute atomic E-state index is 0.0416. The van der Waals surface area contributed by atoms with Crippen molar-refractivity contribution in [2.24, 2.45) is 0 Å². The number of aliphatic hydroxyl groups is 8. The number of ether oxygens (including phenoxy) is 7. The first-order valence-corrected chi connectivity index (χ1v) is 16.3. The van der Waals surface area contributed by atoms with E-state index >= 15 is 0 Å². The number of phenols is 3. The van der Waals surface area contributed by atoms with Crippen LogP contribution < -0.4 is 14.9 Å². The van der Waals surface area contributed by atoms with E-state index in [1.54, 1.807) is 0 Å². The fourth-order valence-corrected chi connectivity index (χ4v) is 6.19. The molecular formula is C33H40O20. The Morgan fingerprint density at radius 2 is 1.49 bits per heavy atom. The molecule has 14 atom stereocenters. The van der Waals surface area contributed by atoms with Gasteiger partial charge in [0.25, 0.3) is 0 Å². The Kier molecular flexibility index (Phi) is 11.3. The number of hydrogen-bond donors (Lipinski definition) is 11. The van der Waals surface area contributed by atoms with Gasteiger partial charge in [-0.3, -0.25) is 4.79 Å². The Hall–Kier alpha value is -3.87. The number of phenolic OH excluding ortho intramolecular Hbond substituents is 3. The third kappa shape index (κ3) is 7.47. The molecule has 3 aliphatic rings. The van der Waals surface area contributed by atoms with Crippen LogP contribution in [0.5, 0.6) is 28.7 Å². The first kappa shape index (κ1) is 38.8. The summed E-state index contributed by atoms with van der Waals surface area (Å²) in [5.41, 5.74) is -1.21. The van der Waals surface area contributed by atoms with Crippen molar-refractivity contribution < 1.29 is 93.7 Å². The van der Waals surface area contributed by atoms with Crippen LogP contribution in [0.3, 0.4) is 0 Å². The normalized spacial score (nSPS) is 36.3. The predicted molar refractivity (Wildman–Crippen MR) is 172 cm³/mol. The van der Waals surface area contributed by atoms with Crippen molar-refractivity contribution in [3.05, 3.63) is 40.6 Å². The van der Waals surface area contributed by atoms with Crippen LogP contribution in [0.4, 0.5) is 0 Å². The molecule has 53 heavy (non-hydrogen) atoms. The molecule has 0 amide bonds. The average Bonchev–Trinajstić information content (AvgIpc) is 3.12. The van der Waals surface area contributed by atoms with Crippen LogP contribution in [0.25, 0.3) is 22.3 Å². The van der Waals surface area contributed by atoms with Crippen molar-refractivity contribution in [2.75, 3.05) is 20.3 Å². The molecule has 3 saturated heterocycles. The first-order chi connectivity index (χ1) is 25.1. The molecule has 3 fully saturated rings. The molecule has 0 saturated carbocycles. The lowest BCUT2D eigenvalue weighted by Gasteiger charge is -2.45. The maximum Gasteiger partial charge on any atom is 0.239 e. The zero-order valence-electron chi connectivity index (χ0n) is 28.0. The number of methoxy groups -OCH3 is 1. The largest absolute Gasteiger partial charge is 0.508 e. The van der Waals surface area contributed by atoms with Gasteiger partial charge in [0.1, 0.15) is 83.5 Å². The molecule has 11 N–H and O–H groups in total. The third-order valence-corrected chi connectivity index (χ3v) is 9.21. The van der Waals surface area contributed by atoms with Gasteiger partial charge in [-0.05, 0) is 25.1 Å². The van der Waals surface area contributed by atoms with Crippen molar-refractivity contribution in [2.45, 2.75) is 92.9 Å². The quantitative estimate of drug-likeness (QED) is 0.104. The molecule has 1 aromatic heterocycles. The zero-order chi connectivity index (χ0) is 38.5. The Morgan fingerprint density at radius 1 is 0.774 bits per heavy atom. The van der Waals surface area contributed by atoms with Crippen LogP contribution in [0.1, 0.15) is 6.92 Å². The average molecular weight is 757 g/mol. The Labute approximate surface area is 298 Å². The second-order valence-corrected chi connectivity index (χ2v) is 12.8. The Morgan fingerprint density at radius 3 is 2.21 bits per heavy atom. The van der Waals surface area contributed by atoms with Crippen molar-refractivity contribution in [1.82, 2.24) is 0 Å². The highest BCUT2D eigenvalue weighted by molar-refractivity contribution is 5.88. The molecule has 0 radical (unpaired) electrons. The molecule has 5 unspecified atom stereocenters. The predicted octanol–water partition coefficient (Wildman–Crippen LogP) is -2.92. The van der Waals surface area contributed by atoms with Gasteiger partial charge in [-0.2, -0.15) is 0 Å². The van der Waals surface area contributed by atoms with Crippen LogP contribution >= 0.6 is 0 Å². The molecule has 2 aromatic carbocycles. The number of aliphatic hydroxyl groups excluding tert-OH is 8. The minimum Gasteiger partial charge on any atom is -0.508 e. The second-order valence-electron chi connectivity index (χ2n) is 12.8. The van der Waals surface area contributed by atoms with Crippen molar-refractivity contribution in [1.29, 1.82) is 0 Å². The maximum absolute atomic E-state index is 13.8. The summed E-state index contributed by atoms with van der Waals surface area (Å²) in [6.07, 6.45) is -23.2. The van der Waals surface area contributed by atoms with Gasteiger partial charge in [-0.15, -0.1) is 0 Å². The van der Waals surface area contributed by atoms with Gasteiger partial charge in [0.05, 0.1) is 26.4 Å². The van der Waals surface area contributed by atoms with E-state index < -0.39 is 127 Å². The summed E-state index contributed by atoms with van der Waals surface area (Å²) in [5, 5.41) is 114. The molecule has 292 valence electrons. The number of benzene rings is 2. The molecule has 20 nitrogen and oxygen atoms in total. The lowest BCUT2D eigenvalue weighted by Crippen LogP contribution is -2.63. The first-order valence-electron chi connectivity index (χ1n) is 16.3. The van der Waals surface area contributed by atoms with Crippen LogP contribution in [-0.2, 0) is 23.7 Å². The summed E-state index contributed by atoms with van der Waals surface area (Å²) < 4.78 is 44.6. The van der Waals surface area contributed by atoms with Gasteiger partial charge in [0.2, 0.25) is 17.5 Å². The van der Waals surface area contributed by atoms with Gasteiger partial charge in [-0.1, -0.05) is 0 Å². The van der Waals surface area contributed by atoms with Crippen LogP contribution in [0.2, 0.25) is 0 Å². The highest BCUT2D eigenvalue weighted by Crippen LogP contribution is 2.40. The van der Waals surface area contributed by atoms with Gasteiger partial charge < -0.3 is 93.7 Å². The zero-order valence-corrected chi connectivity index (χ0v) is 28.0. The highest BCUT2D eigenvalue weighted by atomic mass is 16.7. The Balaban J connectivity index is 1.24. The van der Waals surface area contributed by atoms with E-state index in [0.717, 1.165) is 12.1 Å². The fourth-order valence-electron chi connectivity index (χ4n) is 6.19. The van der Waals surface area contributed by atoms with Gasteiger partial charge in [0, 0.05) is 17.7 Å². The summed E-state index contributed by atoms with van der Waals surface area (Å²) in [6.45, 7) is 0.314. The number of hydrogen-bond acceptors (Lipinski definition) is 20. The van der Waals surface area contributed by atoms with Crippen LogP contribution in [0.15, 0.2) is 39.5 Å². The van der Waals surface area contributed by atoms with Crippen LogP contribution in [0, 0.1) is 0 Å². The van der Waals surface area contributed by atoms with E-state index in [2.05, 4.69) is 0 Å². The summed E-state index contributed by atoms with van der Waals surface area (Å²) in [6, 6.07) is 5.75. The lowest BCUT2D eigenvalue weighted by atomic mass is 9.98. The van der Waals surface area contributed by atoms with Gasteiger partial charge >= 0.3 is 0 Å². The number of rotatable bonds is 9. The molecule has 6 rings (SSSR count). The minimum atomic E-state index is -2.01. The van der Waals surface area contributed by atoms with Crippen LogP contribution in [-0.4, -0.2) is 163 Å². The van der Waals surface area contributed by atoms with E-state index in [0.29, 0.717) is 0 Å². The molecule has 20 heteroatoms. The van der Waals surface area contributed by atoms with Gasteiger partial charge in [0.15, 0.2) is 29.8 Å². The Bertz CT molecular complexity index is 1820. The van der Waals surface area contributed by atoms with E-state index in [9.17, 15) is 61.0 Å².